The molecule has 18 heavy (non-hydrogen) atoms. The molecule has 0 amide bonds. The normalized spacial score (nSPS) is 11.3. The van der Waals surface area contributed by atoms with Crippen molar-refractivity contribution in [1.29, 1.82) is 0 Å². The molecule has 5 heteroatoms. The van der Waals surface area contributed by atoms with Gasteiger partial charge in [-0.3, -0.25) is 0 Å². The molecule has 4 nitrogen and oxygen atoms in total. The molecular weight excluding hydrogens is 250 g/mol. The minimum Gasteiger partial charge on any atom is -0.390 e. The summed E-state index contributed by atoms with van der Waals surface area (Å²) in [6, 6.07) is 7.53. The van der Waals surface area contributed by atoms with Gasteiger partial charge < -0.3 is 5.11 Å². The maximum atomic E-state index is 9.19. The van der Waals surface area contributed by atoms with Crippen LogP contribution in [0.25, 0.3) is 12.2 Å². The van der Waals surface area contributed by atoms with Crippen molar-refractivity contribution in [2.45, 2.75) is 20.1 Å². The smallest absolute Gasteiger partial charge is 0.115 e. The van der Waals surface area contributed by atoms with Crippen molar-refractivity contribution in [3.8, 4) is 0 Å². The van der Waals surface area contributed by atoms with E-state index in [0.717, 1.165) is 11.3 Å². The molecule has 2 rings (SSSR count). The predicted octanol–water partition coefficient (Wildman–Crippen LogP) is 2.61. The fourth-order valence-electron chi connectivity index (χ4n) is 1.63. The molecule has 1 aromatic heterocycles. The molecular formula is C13H14ClN3O. The molecule has 0 aliphatic heterocycles. The van der Waals surface area contributed by atoms with Crippen molar-refractivity contribution in [2.24, 2.45) is 0 Å². The quantitative estimate of drug-likeness (QED) is 0.923. The molecule has 0 unspecified atom stereocenters. The van der Waals surface area contributed by atoms with Crippen LogP contribution in [0.4, 0.5) is 0 Å². The fourth-order valence-corrected chi connectivity index (χ4v) is 1.76. The Labute approximate surface area is 111 Å². The largest absolute Gasteiger partial charge is 0.390 e. The molecule has 0 atom stereocenters. The van der Waals surface area contributed by atoms with Crippen LogP contribution in [0.2, 0.25) is 5.02 Å². The van der Waals surface area contributed by atoms with Gasteiger partial charge in [0.05, 0.1) is 12.3 Å². The topological polar surface area (TPSA) is 50.9 Å². The first-order valence-electron chi connectivity index (χ1n) is 5.71. The van der Waals surface area contributed by atoms with E-state index >= 15 is 0 Å². The summed E-state index contributed by atoms with van der Waals surface area (Å²) in [4.78, 5) is 0. The molecule has 2 aromatic rings. The summed E-state index contributed by atoms with van der Waals surface area (Å²) in [6.45, 7) is 2.59. The second kappa shape index (κ2) is 5.80. The number of aliphatic hydroxyl groups excluding tert-OH is 1. The lowest BCUT2D eigenvalue weighted by atomic mass is 10.2. The van der Waals surface area contributed by atoms with Gasteiger partial charge in [0.25, 0.3) is 0 Å². The van der Waals surface area contributed by atoms with E-state index in [1.54, 1.807) is 4.68 Å². The molecule has 0 saturated heterocycles. The average molecular weight is 264 g/mol. The monoisotopic (exact) mass is 263 g/mol. The van der Waals surface area contributed by atoms with E-state index in [-0.39, 0.29) is 6.61 Å². The van der Waals surface area contributed by atoms with Gasteiger partial charge in [0.1, 0.15) is 5.69 Å². The molecule has 94 valence electrons. The van der Waals surface area contributed by atoms with Gasteiger partial charge in [0.2, 0.25) is 0 Å². The Bertz CT molecular complexity index is 524. The van der Waals surface area contributed by atoms with Crippen molar-refractivity contribution in [2.75, 3.05) is 0 Å². The first kappa shape index (κ1) is 12.8. The number of rotatable bonds is 4. The molecule has 0 radical (unpaired) electrons. The maximum Gasteiger partial charge on any atom is 0.115 e. The lowest BCUT2D eigenvalue weighted by molar-refractivity contribution is 0.276. The van der Waals surface area contributed by atoms with E-state index < -0.39 is 0 Å². The lowest BCUT2D eigenvalue weighted by Gasteiger charge is -1.99. The number of hydrogen-bond donors (Lipinski definition) is 1. The van der Waals surface area contributed by atoms with E-state index in [4.69, 9.17) is 11.6 Å². The maximum absolute atomic E-state index is 9.19. The Hall–Kier alpha value is -1.65. The van der Waals surface area contributed by atoms with Crippen molar-refractivity contribution >= 4 is 23.8 Å². The van der Waals surface area contributed by atoms with Crippen LogP contribution in [-0.2, 0) is 13.2 Å². The third kappa shape index (κ3) is 2.78. The van der Waals surface area contributed by atoms with Gasteiger partial charge in [-0.15, -0.1) is 5.10 Å². The van der Waals surface area contributed by atoms with Crippen LogP contribution in [0.1, 0.15) is 23.9 Å². The minimum atomic E-state index is -0.111. The summed E-state index contributed by atoms with van der Waals surface area (Å²) < 4.78 is 1.75. The summed E-state index contributed by atoms with van der Waals surface area (Å²) >= 11 is 5.83. The highest BCUT2D eigenvalue weighted by Gasteiger charge is 2.07. The average Bonchev–Trinajstić information content (AvgIpc) is 2.80. The number of aliphatic hydroxyl groups is 1. The Balaban J connectivity index is 2.27. The molecule has 0 aliphatic carbocycles. The fraction of sp³-hybridized carbons (Fsp3) is 0.231. The van der Waals surface area contributed by atoms with E-state index in [1.165, 1.54) is 0 Å². The van der Waals surface area contributed by atoms with Crippen LogP contribution in [-0.4, -0.2) is 20.1 Å². The summed E-state index contributed by atoms with van der Waals surface area (Å²) in [5, 5.41) is 17.8. The highest BCUT2D eigenvalue weighted by atomic mass is 35.5. The Morgan fingerprint density at radius 2 is 2.00 bits per heavy atom. The standard InChI is InChI=1S/C13H14ClN3O/c1-2-17-13(12(9-18)15-16-17)8-5-10-3-6-11(14)7-4-10/h3-8,18H,2,9H2,1H3/b8-5+. The first-order valence-corrected chi connectivity index (χ1v) is 6.09. The second-order valence-corrected chi connectivity index (χ2v) is 4.22. The highest BCUT2D eigenvalue weighted by Crippen LogP contribution is 2.14. The third-order valence-corrected chi connectivity index (χ3v) is 2.85. The number of aryl methyl sites for hydroxylation is 1. The van der Waals surface area contributed by atoms with Crippen molar-refractivity contribution in [3.63, 3.8) is 0 Å². The molecule has 0 saturated carbocycles. The van der Waals surface area contributed by atoms with E-state index in [1.807, 2.05) is 43.3 Å². The molecule has 1 N–H and O–H groups in total. The number of benzene rings is 1. The number of halogens is 1. The second-order valence-electron chi connectivity index (χ2n) is 3.78. The highest BCUT2D eigenvalue weighted by molar-refractivity contribution is 6.30. The zero-order valence-corrected chi connectivity index (χ0v) is 10.8. The summed E-state index contributed by atoms with van der Waals surface area (Å²) in [5.41, 5.74) is 2.45. The molecule has 0 spiro atoms. The van der Waals surface area contributed by atoms with Crippen LogP contribution in [0.5, 0.6) is 0 Å². The Kier molecular flexibility index (Phi) is 4.12. The summed E-state index contributed by atoms with van der Waals surface area (Å²) in [7, 11) is 0. The van der Waals surface area contributed by atoms with E-state index in [2.05, 4.69) is 10.3 Å². The summed E-state index contributed by atoms with van der Waals surface area (Å²) in [5.74, 6) is 0. The van der Waals surface area contributed by atoms with Gasteiger partial charge in [0.15, 0.2) is 0 Å². The minimum absolute atomic E-state index is 0.111. The Morgan fingerprint density at radius 1 is 1.28 bits per heavy atom. The van der Waals surface area contributed by atoms with Gasteiger partial charge in [-0.2, -0.15) is 0 Å². The van der Waals surface area contributed by atoms with E-state index in [0.29, 0.717) is 17.3 Å². The first-order chi connectivity index (χ1) is 8.74. The van der Waals surface area contributed by atoms with Gasteiger partial charge >= 0.3 is 0 Å². The van der Waals surface area contributed by atoms with Crippen molar-refractivity contribution < 1.29 is 5.11 Å². The molecule has 0 fully saturated rings. The van der Waals surface area contributed by atoms with Crippen LogP contribution in [0, 0.1) is 0 Å². The van der Waals surface area contributed by atoms with Gasteiger partial charge in [-0.25, -0.2) is 4.68 Å². The van der Waals surface area contributed by atoms with Gasteiger partial charge in [-0.05, 0) is 30.7 Å². The van der Waals surface area contributed by atoms with Crippen molar-refractivity contribution in [3.05, 3.63) is 46.2 Å². The van der Waals surface area contributed by atoms with Crippen LogP contribution in [0.15, 0.2) is 24.3 Å². The summed E-state index contributed by atoms with van der Waals surface area (Å²) in [6.07, 6.45) is 3.85. The lowest BCUT2D eigenvalue weighted by Crippen LogP contribution is -1.99. The SMILES string of the molecule is CCn1nnc(CO)c1/C=C/c1ccc(Cl)cc1. The van der Waals surface area contributed by atoms with Crippen LogP contribution in [0.3, 0.4) is 0 Å². The third-order valence-electron chi connectivity index (χ3n) is 2.60. The van der Waals surface area contributed by atoms with E-state index in [9.17, 15) is 5.11 Å². The predicted molar refractivity (Wildman–Crippen MR) is 72.0 cm³/mol. The van der Waals surface area contributed by atoms with Gasteiger partial charge in [-0.1, -0.05) is 35.0 Å². The molecule has 1 aromatic carbocycles. The van der Waals surface area contributed by atoms with Gasteiger partial charge in [0, 0.05) is 11.6 Å². The molecule has 0 bridgehead atoms. The van der Waals surface area contributed by atoms with Crippen LogP contribution >= 0.6 is 11.6 Å². The zero-order valence-electron chi connectivity index (χ0n) is 10.0. The number of aromatic nitrogens is 3. The number of hydrogen-bond acceptors (Lipinski definition) is 3. The Morgan fingerprint density at radius 3 is 2.61 bits per heavy atom. The van der Waals surface area contributed by atoms with Crippen molar-refractivity contribution in [1.82, 2.24) is 15.0 Å². The number of nitrogens with zero attached hydrogens (tertiary/aromatic N) is 3. The van der Waals surface area contributed by atoms with Crippen LogP contribution < -0.4 is 0 Å². The zero-order chi connectivity index (χ0) is 13.0. The molecule has 0 aliphatic rings. The molecule has 1 heterocycles.